The number of aromatic nitrogens is 4. The van der Waals surface area contributed by atoms with Crippen LogP contribution in [0.4, 0.5) is 8.78 Å². The Morgan fingerprint density at radius 2 is 1.93 bits per heavy atom. The number of hydrogen-bond donors (Lipinski definition) is 0. The maximum atomic E-state index is 12.6. The van der Waals surface area contributed by atoms with Crippen LogP contribution in [0.15, 0.2) is 36.4 Å². The highest BCUT2D eigenvalue weighted by Crippen LogP contribution is 2.28. The van der Waals surface area contributed by atoms with Gasteiger partial charge in [-0.05, 0) is 43.7 Å². The number of ether oxygens (including phenoxy) is 2. The quantitative estimate of drug-likeness (QED) is 0.485. The molecule has 0 N–H and O–H groups in total. The van der Waals surface area contributed by atoms with Gasteiger partial charge in [-0.1, -0.05) is 12.1 Å². The standard InChI is InChI=1S/C20H16F2N4O3/c1-10-7-11(2)23-17-16(10)18-24-14(9-15(19(27)28-3)26(18)25-17)12-5-4-6-13(8-12)29-20(21)22/h4-9,20H,1-3H3. The van der Waals surface area contributed by atoms with E-state index in [1.165, 1.54) is 29.8 Å². The molecule has 29 heavy (non-hydrogen) atoms. The number of hydrogen-bond acceptors (Lipinski definition) is 6. The summed E-state index contributed by atoms with van der Waals surface area (Å²) in [5, 5.41) is 5.11. The second-order valence-corrected chi connectivity index (χ2v) is 6.44. The van der Waals surface area contributed by atoms with Crippen molar-refractivity contribution in [1.82, 2.24) is 19.6 Å². The number of pyridine rings is 1. The second-order valence-electron chi connectivity index (χ2n) is 6.44. The highest BCUT2D eigenvalue weighted by Gasteiger charge is 2.20. The van der Waals surface area contributed by atoms with E-state index < -0.39 is 12.6 Å². The van der Waals surface area contributed by atoms with Gasteiger partial charge >= 0.3 is 12.6 Å². The molecule has 4 rings (SSSR count). The Morgan fingerprint density at radius 1 is 1.14 bits per heavy atom. The van der Waals surface area contributed by atoms with E-state index in [1.807, 2.05) is 19.9 Å². The summed E-state index contributed by atoms with van der Waals surface area (Å²) in [6, 6.07) is 9.50. The van der Waals surface area contributed by atoms with Crippen molar-refractivity contribution in [3.63, 3.8) is 0 Å². The molecule has 3 aromatic heterocycles. The van der Waals surface area contributed by atoms with Gasteiger partial charge < -0.3 is 9.47 Å². The number of benzene rings is 1. The number of esters is 1. The first kappa shape index (κ1) is 18.7. The third kappa shape index (κ3) is 3.35. The van der Waals surface area contributed by atoms with E-state index in [0.717, 1.165) is 11.3 Å². The van der Waals surface area contributed by atoms with Crippen molar-refractivity contribution < 1.29 is 23.0 Å². The molecule has 3 heterocycles. The number of aryl methyl sites for hydroxylation is 2. The summed E-state index contributed by atoms with van der Waals surface area (Å²) in [7, 11) is 1.27. The van der Waals surface area contributed by atoms with Crippen LogP contribution in [-0.4, -0.2) is 39.3 Å². The van der Waals surface area contributed by atoms with Gasteiger partial charge in [0.15, 0.2) is 17.0 Å². The van der Waals surface area contributed by atoms with E-state index in [0.29, 0.717) is 27.9 Å². The van der Waals surface area contributed by atoms with Crippen LogP contribution in [-0.2, 0) is 4.74 Å². The van der Waals surface area contributed by atoms with Crippen molar-refractivity contribution in [3.05, 3.63) is 53.3 Å². The minimum absolute atomic E-state index is 0.00868. The average molecular weight is 398 g/mol. The summed E-state index contributed by atoms with van der Waals surface area (Å²) in [5.41, 5.74) is 3.59. The molecule has 148 valence electrons. The first-order valence-electron chi connectivity index (χ1n) is 8.68. The number of fused-ring (bicyclic) bond motifs is 3. The predicted molar refractivity (Wildman–Crippen MR) is 101 cm³/mol. The molecule has 0 bridgehead atoms. The van der Waals surface area contributed by atoms with Gasteiger partial charge in [0.2, 0.25) is 0 Å². The van der Waals surface area contributed by atoms with E-state index in [2.05, 4.69) is 19.8 Å². The SMILES string of the molecule is COC(=O)c1cc(-c2cccc(OC(F)F)c2)nc2c3c(C)cc(C)nc3nn12. The zero-order chi connectivity index (χ0) is 20.7. The Hall–Kier alpha value is -3.62. The van der Waals surface area contributed by atoms with Crippen LogP contribution in [0, 0.1) is 13.8 Å². The number of carbonyl (C=O) groups is 1. The Bertz CT molecular complexity index is 1250. The minimum Gasteiger partial charge on any atom is -0.464 e. The number of carbonyl (C=O) groups excluding carboxylic acids is 1. The van der Waals surface area contributed by atoms with Crippen molar-refractivity contribution in [3.8, 4) is 17.0 Å². The van der Waals surface area contributed by atoms with Crippen LogP contribution in [0.3, 0.4) is 0 Å². The van der Waals surface area contributed by atoms with Crippen molar-refractivity contribution in [1.29, 1.82) is 0 Å². The lowest BCUT2D eigenvalue weighted by atomic mass is 10.1. The molecule has 0 radical (unpaired) electrons. The zero-order valence-electron chi connectivity index (χ0n) is 15.8. The molecule has 0 saturated heterocycles. The summed E-state index contributed by atoms with van der Waals surface area (Å²) < 4.78 is 35.9. The molecule has 0 unspecified atom stereocenters. The van der Waals surface area contributed by atoms with Gasteiger partial charge in [0, 0.05) is 11.3 Å². The lowest BCUT2D eigenvalue weighted by Crippen LogP contribution is -2.10. The first-order chi connectivity index (χ1) is 13.9. The molecular formula is C20H16F2N4O3. The fraction of sp³-hybridized carbons (Fsp3) is 0.200. The summed E-state index contributed by atoms with van der Waals surface area (Å²) in [6.45, 7) is 0.814. The normalized spacial score (nSPS) is 11.4. The Balaban J connectivity index is 2.01. The average Bonchev–Trinajstić information content (AvgIpc) is 3.04. The molecule has 9 heteroatoms. The van der Waals surface area contributed by atoms with Crippen molar-refractivity contribution in [2.75, 3.05) is 7.11 Å². The first-order valence-corrected chi connectivity index (χ1v) is 8.68. The van der Waals surface area contributed by atoms with Crippen molar-refractivity contribution in [2.45, 2.75) is 20.5 Å². The zero-order valence-corrected chi connectivity index (χ0v) is 15.8. The second kappa shape index (κ2) is 7.08. The highest BCUT2D eigenvalue weighted by molar-refractivity contribution is 5.97. The Morgan fingerprint density at radius 3 is 2.66 bits per heavy atom. The monoisotopic (exact) mass is 398 g/mol. The van der Waals surface area contributed by atoms with E-state index in [1.54, 1.807) is 12.1 Å². The summed E-state index contributed by atoms with van der Waals surface area (Å²) in [6.07, 6.45) is 0. The van der Waals surface area contributed by atoms with Crippen LogP contribution in [0.2, 0.25) is 0 Å². The maximum absolute atomic E-state index is 12.6. The molecule has 0 saturated carbocycles. The smallest absolute Gasteiger partial charge is 0.387 e. The fourth-order valence-electron chi connectivity index (χ4n) is 3.25. The molecule has 0 atom stereocenters. The molecule has 0 fully saturated rings. The number of alkyl halides is 2. The molecule has 1 aromatic carbocycles. The molecule has 7 nitrogen and oxygen atoms in total. The van der Waals surface area contributed by atoms with Crippen LogP contribution >= 0.6 is 0 Å². The van der Waals surface area contributed by atoms with Gasteiger partial charge in [0.05, 0.1) is 18.2 Å². The van der Waals surface area contributed by atoms with E-state index in [4.69, 9.17) is 4.74 Å². The predicted octanol–water partition coefficient (Wildman–Crippen LogP) is 3.95. The molecule has 0 amide bonds. The summed E-state index contributed by atoms with van der Waals surface area (Å²) >= 11 is 0. The lowest BCUT2D eigenvalue weighted by molar-refractivity contribution is -0.0498. The Labute approximate surface area is 163 Å². The molecule has 4 aromatic rings. The fourth-order valence-corrected chi connectivity index (χ4v) is 3.25. The number of halogens is 2. The van der Waals surface area contributed by atoms with Crippen LogP contribution in [0.5, 0.6) is 5.75 Å². The Kier molecular flexibility index (Phi) is 4.57. The van der Waals surface area contributed by atoms with E-state index in [9.17, 15) is 13.6 Å². The van der Waals surface area contributed by atoms with Gasteiger partial charge in [-0.25, -0.2) is 19.3 Å². The molecule has 0 spiro atoms. The molecule has 0 aliphatic carbocycles. The topological polar surface area (TPSA) is 78.6 Å². The number of methoxy groups -OCH3 is 1. The van der Waals surface area contributed by atoms with Gasteiger partial charge in [-0.15, -0.1) is 5.10 Å². The number of rotatable bonds is 4. The highest BCUT2D eigenvalue weighted by atomic mass is 19.3. The summed E-state index contributed by atoms with van der Waals surface area (Å²) in [5.74, 6) is -0.619. The maximum Gasteiger partial charge on any atom is 0.387 e. The van der Waals surface area contributed by atoms with E-state index >= 15 is 0 Å². The largest absolute Gasteiger partial charge is 0.464 e. The van der Waals surface area contributed by atoms with Crippen LogP contribution < -0.4 is 4.74 Å². The van der Waals surface area contributed by atoms with Crippen LogP contribution in [0.25, 0.3) is 27.9 Å². The van der Waals surface area contributed by atoms with Gasteiger partial charge in [0.25, 0.3) is 0 Å². The third-order valence-corrected chi connectivity index (χ3v) is 4.42. The van der Waals surface area contributed by atoms with Gasteiger partial charge in [-0.2, -0.15) is 8.78 Å². The lowest BCUT2D eigenvalue weighted by Gasteiger charge is -2.09. The minimum atomic E-state index is -2.94. The molecule has 0 aliphatic rings. The van der Waals surface area contributed by atoms with Crippen LogP contribution in [0.1, 0.15) is 21.7 Å². The third-order valence-electron chi connectivity index (χ3n) is 4.42. The summed E-state index contributed by atoms with van der Waals surface area (Å²) in [4.78, 5) is 21.5. The van der Waals surface area contributed by atoms with E-state index in [-0.39, 0.29) is 11.4 Å². The van der Waals surface area contributed by atoms with Crippen molar-refractivity contribution >= 4 is 22.6 Å². The van der Waals surface area contributed by atoms with Gasteiger partial charge in [-0.3, -0.25) is 0 Å². The van der Waals surface area contributed by atoms with Gasteiger partial charge in [0.1, 0.15) is 5.75 Å². The number of nitrogens with zero attached hydrogens (tertiary/aromatic N) is 4. The molecular weight excluding hydrogens is 382 g/mol. The van der Waals surface area contributed by atoms with Crippen molar-refractivity contribution in [2.24, 2.45) is 0 Å². The molecule has 0 aliphatic heterocycles.